The van der Waals surface area contributed by atoms with Crippen LogP contribution in [0.2, 0.25) is 0 Å². The third kappa shape index (κ3) is 3.82. The number of hydrogen-bond donors (Lipinski definition) is 0. The molecule has 0 radical (unpaired) electrons. The van der Waals surface area contributed by atoms with Gasteiger partial charge in [0.05, 0.1) is 11.1 Å². The van der Waals surface area contributed by atoms with E-state index in [0.717, 1.165) is 36.9 Å². The molecule has 1 aliphatic rings. The predicted molar refractivity (Wildman–Crippen MR) is 122 cm³/mol. The van der Waals surface area contributed by atoms with Gasteiger partial charge in [-0.1, -0.05) is 60.6 Å². The number of rotatable bonds is 4. The number of fused-ring (bicyclic) bond motifs is 1. The van der Waals surface area contributed by atoms with E-state index in [1.807, 2.05) is 59.5 Å². The average Bonchev–Trinajstić information content (AvgIpc) is 3.32. The third-order valence-electron chi connectivity index (χ3n) is 6.14. The van der Waals surface area contributed by atoms with Gasteiger partial charge in [0.25, 0.3) is 11.4 Å². The zero-order valence-electron chi connectivity index (χ0n) is 17.9. The van der Waals surface area contributed by atoms with Crippen LogP contribution >= 0.6 is 0 Å². The van der Waals surface area contributed by atoms with Crippen molar-refractivity contribution in [2.24, 2.45) is 5.92 Å². The van der Waals surface area contributed by atoms with Gasteiger partial charge in [-0.25, -0.2) is 0 Å². The summed E-state index contributed by atoms with van der Waals surface area (Å²) in [5.74, 6) is 1.35. The minimum atomic E-state index is -0.267. The van der Waals surface area contributed by atoms with Crippen molar-refractivity contribution >= 4 is 16.8 Å². The van der Waals surface area contributed by atoms with Crippen molar-refractivity contribution in [3.63, 3.8) is 0 Å². The molecule has 32 heavy (non-hydrogen) atoms. The average molecular weight is 428 g/mol. The number of carbonyl (C=O) groups excluding carboxylic acids is 1. The van der Waals surface area contributed by atoms with Crippen LogP contribution in [0.3, 0.4) is 0 Å². The van der Waals surface area contributed by atoms with Gasteiger partial charge in [-0.05, 0) is 24.8 Å². The molecular weight excluding hydrogens is 404 g/mol. The van der Waals surface area contributed by atoms with Crippen molar-refractivity contribution in [2.45, 2.75) is 26.3 Å². The molecule has 0 spiro atoms. The fraction of sp³-hybridized carbons (Fsp3) is 0.280. The summed E-state index contributed by atoms with van der Waals surface area (Å²) >= 11 is 0. The number of aromatic nitrogens is 3. The first kappa shape index (κ1) is 20.2. The lowest BCUT2D eigenvalue weighted by molar-refractivity contribution is -0.133. The van der Waals surface area contributed by atoms with Crippen molar-refractivity contribution in [1.82, 2.24) is 19.6 Å². The first-order valence-electron chi connectivity index (χ1n) is 10.9. The van der Waals surface area contributed by atoms with E-state index in [0.29, 0.717) is 22.8 Å². The molecule has 2 aromatic heterocycles. The Balaban J connectivity index is 1.51. The maximum Gasteiger partial charge on any atom is 0.259 e. The topological polar surface area (TPSA) is 81.2 Å². The lowest BCUT2D eigenvalue weighted by Crippen LogP contribution is -2.41. The van der Waals surface area contributed by atoms with E-state index in [1.54, 1.807) is 0 Å². The Bertz CT molecular complexity index is 1320. The molecule has 162 valence electrons. The summed E-state index contributed by atoms with van der Waals surface area (Å²) in [4.78, 5) is 32.4. The van der Waals surface area contributed by atoms with Crippen LogP contribution in [0.4, 0.5) is 0 Å². The molecule has 1 aliphatic heterocycles. The van der Waals surface area contributed by atoms with E-state index in [2.05, 4.69) is 17.1 Å². The highest BCUT2D eigenvalue weighted by molar-refractivity contribution is 5.93. The second kappa shape index (κ2) is 8.42. The minimum Gasteiger partial charge on any atom is -0.341 e. The Morgan fingerprint density at radius 2 is 1.78 bits per heavy atom. The molecule has 7 nitrogen and oxygen atoms in total. The van der Waals surface area contributed by atoms with Gasteiger partial charge in [0.1, 0.15) is 6.54 Å². The van der Waals surface area contributed by atoms with E-state index in [4.69, 9.17) is 4.52 Å². The van der Waals surface area contributed by atoms with E-state index in [1.165, 1.54) is 10.6 Å². The molecule has 7 heteroatoms. The molecule has 1 fully saturated rings. The number of nitrogens with zero attached hydrogens (tertiary/aromatic N) is 4. The van der Waals surface area contributed by atoms with E-state index in [-0.39, 0.29) is 23.9 Å². The van der Waals surface area contributed by atoms with Crippen LogP contribution in [0.1, 0.15) is 19.8 Å². The van der Waals surface area contributed by atoms with Crippen LogP contribution in [-0.2, 0) is 11.3 Å². The number of amides is 1. The molecule has 1 amide bonds. The summed E-state index contributed by atoms with van der Waals surface area (Å²) in [6.45, 7) is 3.72. The normalized spacial score (nSPS) is 14.7. The fourth-order valence-electron chi connectivity index (χ4n) is 4.21. The van der Waals surface area contributed by atoms with Gasteiger partial charge in [0.15, 0.2) is 0 Å². The number of likely N-dealkylation sites (tertiary alicyclic amines) is 1. The van der Waals surface area contributed by atoms with Gasteiger partial charge < -0.3 is 9.42 Å². The van der Waals surface area contributed by atoms with Crippen LogP contribution in [0.25, 0.3) is 33.7 Å². The molecule has 0 N–H and O–H groups in total. The molecule has 1 saturated heterocycles. The summed E-state index contributed by atoms with van der Waals surface area (Å²) in [6, 6.07) is 18.5. The van der Waals surface area contributed by atoms with Crippen molar-refractivity contribution in [1.29, 1.82) is 0 Å². The van der Waals surface area contributed by atoms with Crippen molar-refractivity contribution < 1.29 is 9.32 Å². The third-order valence-corrected chi connectivity index (χ3v) is 6.14. The first-order valence-corrected chi connectivity index (χ1v) is 10.9. The van der Waals surface area contributed by atoms with Crippen LogP contribution in [0.5, 0.6) is 0 Å². The number of carbonyl (C=O) groups is 1. The Kier molecular flexibility index (Phi) is 5.31. The Morgan fingerprint density at radius 3 is 2.56 bits per heavy atom. The van der Waals surface area contributed by atoms with Crippen molar-refractivity contribution in [3.8, 4) is 22.8 Å². The SMILES string of the molecule is CC1CCN(C(=O)Cn2c(=O)cc(-c3nc(-c4ccccc4)no3)c3ccccc32)CC1. The summed E-state index contributed by atoms with van der Waals surface area (Å²) in [5, 5.41) is 4.87. The van der Waals surface area contributed by atoms with E-state index < -0.39 is 0 Å². The number of hydrogen-bond acceptors (Lipinski definition) is 5. The molecule has 4 aromatic rings. The van der Waals surface area contributed by atoms with E-state index in [9.17, 15) is 9.59 Å². The zero-order valence-corrected chi connectivity index (χ0v) is 17.9. The Labute approximate surface area is 185 Å². The summed E-state index contributed by atoms with van der Waals surface area (Å²) in [5.41, 5.74) is 1.81. The van der Waals surface area contributed by atoms with Gasteiger partial charge in [-0.15, -0.1) is 0 Å². The van der Waals surface area contributed by atoms with Crippen LogP contribution in [0.15, 0.2) is 70.0 Å². The lowest BCUT2D eigenvalue weighted by atomic mass is 9.99. The Morgan fingerprint density at radius 1 is 1.06 bits per heavy atom. The molecule has 2 aromatic carbocycles. The predicted octanol–water partition coefficient (Wildman–Crippen LogP) is 3.98. The number of pyridine rings is 1. The quantitative estimate of drug-likeness (QED) is 0.491. The first-order chi connectivity index (χ1) is 15.6. The zero-order chi connectivity index (χ0) is 22.1. The largest absolute Gasteiger partial charge is 0.341 e. The van der Waals surface area contributed by atoms with Crippen LogP contribution in [-0.4, -0.2) is 38.6 Å². The fourth-order valence-corrected chi connectivity index (χ4v) is 4.21. The molecule has 3 heterocycles. The highest BCUT2D eigenvalue weighted by Gasteiger charge is 2.22. The molecule has 0 unspecified atom stereocenters. The van der Waals surface area contributed by atoms with Crippen LogP contribution in [0, 0.1) is 5.92 Å². The van der Waals surface area contributed by atoms with Gasteiger partial charge in [0, 0.05) is 30.1 Å². The molecule has 0 atom stereocenters. The highest BCUT2D eigenvalue weighted by Crippen LogP contribution is 2.28. The van der Waals surface area contributed by atoms with Crippen molar-refractivity contribution in [2.75, 3.05) is 13.1 Å². The minimum absolute atomic E-state index is 0.0209. The second-order valence-corrected chi connectivity index (χ2v) is 8.35. The van der Waals surface area contributed by atoms with Gasteiger partial charge in [-0.3, -0.25) is 14.2 Å². The number of para-hydroxylation sites is 1. The molecule has 0 saturated carbocycles. The molecule has 5 rings (SSSR count). The molecule has 0 bridgehead atoms. The van der Waals surface area contributed by atoms with Crippen molar-refractivity contribution in [3.05, 3.63) is 71.0 Å². The van der Waals surface area contributed by atoms with Gasteiger partial charge in [0.2, 0.25) is 11.7 Å². The standard InChI is InChI=1S/C25H24N4O3/c1-17-11-13-28(14-12-17)23(31)16-29-21-10-6-5-9-19(21)20(15-22(29)30)25-26-24(27-32-25)18-7-3-2-4-8-18/h2-10,15,17H,11-14,16H2,1H3. The molecular formula is C25H24N4O3. The lowest BCUT2D eigenvalue weighted by Gasteiger charge is -2.30. The highest BCUT2D eigenvalue weighted by atomic mass is 16.5. The monoisotopic (exact) mass is 428 g/mol. The van der Waals surface area contributed by atoms with Gasteiger partial charge >= 0.3 is 0 Å². The Hall–Kier alpha value is -3.74. The van der Waals surface area contributed by atoms with Crippen LogP contribution < -0.4 is 5.56 Å². The van der Waals surface area contributed by atoms with E-state index >= 15 is 0 Å². The second-order valence-electron chi connectivity index (χ2n) is 8.35. The number of piperidine rings is 1. The maximum atomic E-state index is 13.1. The molecule has 0 aliphatic carbocycles. The van der Waals surface area contributed by atoms with Gasteiger partial charge in [-0.2, -0.15) is 4.98 Å². The summed E-state index contributed by atoms with van der Waals surface area (Å²) in [7, 11) is 0. The summed E-state index contributed by atoms with van der Waals surface area (Å²) < 4.78 is 7.05. The smallest absolute Gasteiger partial charge is 0.259 e. The maximum absolute atomic E-state index is 13.1. The summed E-state index contributed by atoms with van der Waals surface area (Å²) in [6.07, 6.45) is 2.00. The number of benzene rings is 2.